The van der Waals surface area contributed by atoms with Gasteiger partial charge in [0.15, 0.2) is 24.5 Å². The molecular weight excluding hydrogens is 552 g/mol. The Morgan fingerprint density at radius 1 is 0.810 bits per heavy atom. The first kappa shape index (κ1) is 32.0. The number of rotatable bonds is 9. The minimum absolute atomic E-state index is 0.226. The fourth-order valence-corrected chi connectivity index (χ4v) is 4.49. The third-order valence-corrected chi connectivity index (χ3v) is 6.17. The number of hydrogen-bond acceptors (Lipinski definition) is 12. The normalized spacial score (nSPS) is 22.2. The molecule has 42 heavy (non-hydrogen) atoms. The van der Waals surface area contributed by atoms with Gasteiger partial charge in [-0.3, -0.25) is 29.7 Å². The van der Waals surface area contributed by atoms with Crippen LogP contribution in [0.1, 0.15) is 43.6 Å². The van der Waals surface area contributed by atoms with Gasteiger partial charge in [-0.1, -0.05) is 18.2 Å². The number of aryl methyl sites for hydroxylation is 1. The molecule has 1 aliphatic heterocycles. The van der Waals surface area contributed by atoms with E-state index in [2.05, 4.69) is 5.32 Å². The monoisotopic (exact) mass is 586 g/mol. The highest BCUT2D eigenvalue weighted by atomic mass is 16.7. The van der Waals surface area contributed by atoms with E-state index in [0.717, 1.165) is 38.8 Å². The number of nitrogens with two attached hydrogens (primary N) is 1. The second kappa shape index (κ2) is 13.9. The van der Waals surface area contributed by atoms with Crippen molar-refractivity contribution >= 4 is 29.8 Å². The van der Waals surface area contributed by atoms with Crippen LogP contribution < -0.4 is 15.8 Å². The summed E-state index contributed by atoms with van der Waals surface area (Å²) < 4.78 is 33.5. The molecule has 1 fully saturated rings. The molecule has 2 aromatic carbocycles. The van der Waals surface area contributed by atoms with E-state index >= 15 is 0 Å². The van der Waals surface area contributed by atoms with Crippen LogP contribution in [-0.2, 0) is 42.9 Å². The zero-order valence-corrected chi connectivity index (χ0v) is 24.1. The number of hydrogen-bond donors (Lipinski definition) is 2. The molecule has 13 nitrogen and oxygen atoms in total. The summed E-state index contributed by atoms with van der Waals surface area (Å²) in [5.74, 6) is -3.00. The highest BCUT2D eigenvalue weighted by Gasteiger charge is 2.55. The lowest BCUT2D eigenvalue weighted by Crippen LogP contribution is -2.66. The molecule has 1 aliphatic rings. The first-order valence-corrected chi connectivity index (χ1v) is 13.0. The van der Waals surface area contributed by atoms with Crippen LogP contribution >= 0.6 is 0 Å². The first-order chi connectivity index (χ1) is 19.8. The molecule has 226 valence electrons. The molecule has 0 aromatic heterocycles. The van der Waals surface area contributed by atoms with Crippen molar-refractivity contribution in [2.45, 2.75) is 71.6 Å². The minimum atomic E-state index is -1.48. The predicted octanol–water partition coefficient (Wildman–Crippen LogP) is 1.77. The lowest BCUT2D eigenvalue weighted by atomic mass is 9.96. The van der Waals surface area contributed by atoms with Crippen LogP contribution in [0.15, 0.2) is 42.5 Å². The van der Waals surface area contributed by atoms with E-state index in [1.54, 1.807) is 44.3 Å². The summed E-state index contributed by atoms with van der Waals surface area (Å²) in [4.78, 5) is 59.9. The number of carbonyl (C=O) groups excluding carboxylic acids is 5. The molecule has 0 aliphatic carbocycles. The van der Waals surface area contributed by atoms with Crippen molar-refractivity contribution in [1.82, 2.24) is 5.32 Å². The highest BCUT2D eigenvalue weighted by Crippen LogP contribution is 2.34. The molecule has 1 heterocycles. The van der Waals surface area contributed by atoms with Gasteiger partial charge in [-0.15, -0.1) is 0 Å². The molecule has 6 atom stereocenters. The maximum Gasteiger partial charge on any atom is 0.304 e. The van der Waals surface area contributed by atoms with E-state index in [-0.39, 0.29) is 5.91 Å². The van der Waals surface area contributed by atoms with Gasteiger partial charge in [0.1, 0.15) is 5.75 Å². The molecule has 0 radical (unpaired) electrons. The van der Waals surface area contributed by atoms with E-state index in [0.29, 0.717) is 16.9 Å². The zero-order chi connectivity index (χ0) is 31.1. The Bertz CT molecular complexity index is 1340. The van der Waals surface area contributed by atoms with Gasteiger partial charge in [0.05, 0.1) is 0 Å². The van der Waals surface area contributed by atoms with Crippen molar-refractivity contribution in [2.24, 2.45) is 5.73 Å². The maximum absolute atomic E-state index is 12.1. The standard InChI is InChI=1S/C29H34N2O11/c1-14-12-20(19-8-7-9-21(13-19)28(36)31-6)10-11-22(14)41-29-26(39-17(4)34)24(38-16(3)33)23(37-15(2)32)25(42-29)27(30)40-18(5)35/h7-13,23-27,29H,30H2,1-6H3,(H,31,36)/t23-,24?,25-,26?,27-,29-/m0/s1. The maximum atomic E-state index is 12.1. The van der Waals surface area contributed by atoms with Crippen molar-refractivity contribution in [3.8, 4) is 16.9 Å². The summed E-state index contributed by atoms with van der Waals surface area (Å²) >= 11 is 0. The van der Waals surface area contributed by atoms with Crippen LogP contribution in [0.3, 0.4) is 0 Å². The SMILES string of the molecule is CNC(=O)c1cccc(-c2ccc(O[C@H]3O[C@H]([C@@H](N)OC(C)=O)[C@@H](OC(C)=O)C(OC(C)=O)C3OC(C)=O)c(C)c2)c1. The van der Waals surface area contributed by atoms with E-state index < -0.39 is 60.8 Å². The average molecular weight is 587 g/mol. The van der Waals surface area contributed by atoms with E-state index in [9.17, 15) is 24.0 Å². The molecule has 3 rings (SSSR count). The van der Waals surface area contributed by atoms with Crippen molar-refractivity contribution in [2.75, 3.05) is 7.05 Å². The van der Waals surface area contributed by atoms with Gasteiger partial charge in [-0.2, -0.15) is 0 Å². The number of benzene rings is 2. The molecule has 13 heteroatoms. The lowest BCUT2D eigenvalue weighted by molar-refractivity contribution is -0.297. The third-order valence-electron chi connectivity index (χ3n) is 6.17. The van der Waals surface area contributed by atoms with E-state index in [4.69, 9.17) is 34.2 Å². The van der Waals surface area contributed by atoms with Gasteiger partial charge >= 0.3 is 23.9 Å². The summed E-state index contributed by atoms with van der Waals surface area (Å²) in [6.07, 6.45) is -8.59. The Morgan fingerprint density at radius 3 is 1.98 bits per heavy atom. The summed E-state index contributed by atoms with van der Waals surface area (Å²) in [6, 6.07) is 12.3. The minimum Gasteiger partial charge on any atom is -0.460 e. The smallest absolute Gasteiger partial charge is 0.304 e. The molecule has 2 unspecified atom stereocenters. The fraction of sp³-hybridized carbons (Fsp3) is 0.414. The number of nitrogens with one attached hydrogen (secondary N) is 1. The largest absolute Gasteiger partial charge is 0.460 e. The number of esters is 4. The van der Waals surface area contributed by atoms with Crippen molar-refractivity contribution in [3.63, 3.8) is 0 Å². The molecule has 1 saturated heterocycles. The second-order valence-electron chi connectivity index (χ2n) is 9.52. The van der Waals surface area contributed by atoms with E-state index in [1.807, 2.05) is 12.1 Å². The summed E-state index contributed by atoms with van der Waals surface area (Å²) in [6.45, 7) is 6.24. The van der Waals surface area contributed by atoms with Crippen LogP contribution in [0, 0.1) is 6.92 Å². The number of ether oxygens (including phenoxy) is 6. The number of amides is 1. The third kappa shape index (κ3) is 8.04. The molecule has 0 saturated carbocycles. The molecule has 0 spiro atoms. The Kier molecular flexibility index (Phi) is 10.6. The highest BCUT2D eigenvalue weighted by molar-refractivity contribution is 5.95. The molecular formula is C29H34N2O11. The van der Waals surface area contributed by atoms with Crippen LogP contribution in [0.4, 0.5) is 0 Å². The summed E-state index contributed by atoms with van der Waals surface area (Å²) in [7, 11) is 1.55. The Hall–Kier alpha value is -4.49. The Labute approximate surface area is 242 Å². The first-order valence-electron chi connectivity index (χ1n) is 13.0. The van der Waals surface area contributed by atoms with Crippen molar-refractivity contribution < 1.29 is 52.4 Å². The van der Waals surface area contributed by atoms with Gasteiger partial charge in [0.2, 0.25) is 12.4 Å². The quantitative estimate of drug-likeness (QED) is 0.247. The lowest BCUT2D eigenvalue weighted by Gasteiger charge is -2.45. The van der Waals surface area contributed by atoms with Crippen LogP contribution in [-0.4, -0.2) is 73.8 Å². The van der Waals surface area contributed by atoms with Crippen molar-refractivity contribution in [1.29, 1.82) is 0 Å². The summed E-state index contributed by atoms with van der Waals surface area (Å²) in [5, 5.41) is 2.59. The van der Waals surface area contributed by atoms with Gasteiger partial charge in [0, 0.05) is 40.3 Å². The van der Waals surface area contributed by atoms with Gasteiger partial charge in [0.25, 0.3) is 5.91 Å². The molecule has 0 bridgehead atoms. The van der Waals surface area contributed by atoms with Gasteiger partial charge in [-0.05, 0) is 47.9 Å². The van der Waals surface area contributed by atoms with Crippen LogP contribution in [0.25, 0.3) is 11.1 Å². The van der Waals surface area contributed by atoms with Crippen LogP contribution in [0.2, 0.25) is 0 Å². The van der Waals surface area contributed by atoms with E-state index in [1.165, 1.54) is 0 Å². The molecule has 2 aromatic rings. The Balaban J connectivity index is 2.01. The number of carbonyl (C=O) groups is 5. The zero-order valence-electron chi connectivity index (χ0n) is 24.1. The van der Waals surface area contributed by atoms with Crippen LogP contribution in [0.5, 0.6) is 5.75 Å². The summed E-state index contributed by atoms with van der Waals surface area (Å²) in [5.41, 5.74) is 8.77. The molecule has 1 amide bonds. The Morgan fingerprint density at radius 2 is 1.40 bits per heavy atom. The topological polar surface area (TPSA) is 179 Å². The van der Waals surface area contributed by atoms with Gasteiger partial charge in [-0.25, -0.2) is 0 Å². The fourth-order valence-electron chi connectivity index (χ4n) is 4.49. The predicted molar refractivity (Wildman–Crippen MR) is 146 cm³/mol. The average Bonchev–Trinajstić information content (AvgIpc) is 2.91. The van der Waals surface area contributed by atoms with Gasteiger partial charge < -0.3 is 33.7 Å². The second-order valence-corrected chi connectivity index (χ2v) is 9.52. The molecule has 3 N–H and O–H groups in total. The van der Waals surface area contributed by atoms with Crippen molar-refractivity contribution in [3.05, 3.63) is 53.6 Å².